The molecule has 2 aromatic heterocycles. The van der Waals surface area contributed by atoms with Gasteiger partial charge in [-0.1, -0.05) is 42.8 Å². The summed E-state index contributed by atoms with van der Waals surface area (Å²) in [5, 5.41) is 26.3. The van der Waals surface area contributed by atoms with E-state index in [4.69, 9.17) is 18.7 Å². The number of aromatic amines is 1. The van der Waals surface area contributed by atoms with Crippen LogP contribution in [0.4, 0.5) is 11.6 Å². The van der Waals surface area contributed by atoms with Gasteiger partial charge in [-0.3, -0.25) is 57.5 Å². The lowest BCUT2D eigenvalue weighted by atomic mass is 9.82. The molecule has 66 heavy (non-hydrogen) atoms. The normalized spacial score (nSPS) is 18.5. The van der Waals surface area contributed by atoms with Crippen molar-refractivity contribution in [1.82, 2.24) is 30.2 Å². The van der Waals surface area contributed by atoms with E-state index in [1.54, 1.807) is 32.1 Å². The number of rotatable bonds is 25. The summed E-state index contributed by atoms with van der Waals surface area (Å²) in [6.07, 6.45) is 5.28. The second kappa shape index (κ2) is 22.6. The number of aromatic nitrogens is 4. The standard InChI is InChI=1S/C44H51N8O13P/c1-3-63-66(62,64-4-2)65-22-10-6-9-13-32(53)35-31-19-20-33(54)38(52(31)25-26-11-7-5-8-12-26)36(35)41(58)50-44-49-39-37(42(59)51-44)47-29(24-46-39)23-45-28-16-14-27(15-17-28)40(57)48-30(43(60)61)18-21-34(55)56/h5,7-8,11-12,14-17,19-20,24,30-31,35-36,38,45H,3-4,6,9-10,13,18,21-23,25H2,1-2H3,(H,48,57)(H,55,56)(H,60,61)(H2,46,49,50,51,58,59)/t30-,31-,35?,36?,38+/m0/s1. The summed E-state index contributed by atoms with van der Waals surface area (Å²) in [5.41, 5.74) is 0.981. The highest BCUT2D eigenvalue weighted by Gasteiger charge is 2.57. The van der Waals surface area contributed by atoms with Crippen molar-refractivity contribution in [1.29, 1.82) is 0 Å². The Bertz CT molecular complexity index is 2550. The first-order valence-electron chi connectivity index (χ1n) is 21.4. The van der Waals surface area contributed by atoms with E-state index in [0.29, 0.717) is 37.2 Å². The van der Waals surface area contributed by atoms with Crippen LogP contribution in [-0.2, 0) is 55.2 Å². The van der Waals surface area contributed by atoms with Crippen LogP contribution in [-0.4, -0.2) is 108 Å². The number of carbonyl (C=O) groups is 6. The van der Waals surface area contributed by atoms with Crippen LogP contribution in [0.25, 0.3) is 11.2 Å². The maximum Gasteiger partial charge on any atom is 0.474 e. The number of fused-ring (bicyclic) bond motifs is 3. The van der Waals surface area contributed by atoms with Crippen LogP contribution in [0.2, 0.25) is 0 Å². The van der Waals surface area contributed by atoms with Crippen molar-refractivity contribution in [3.63, 3.8) is 0 Å². The number of aliphatic carboxylic acids is 2. The number of phosphoric acid groups is 1. The fraction of sp³-hybridized carbons (Fsp3) is 0.409. The average Bonchev–Trinajstić information content (AvgIpc) is 3.52. The quantitative estimate of drug-likeness (QED) is 0.0399. The van der Waals surface area contributed by atoms with Crippen LogP contribution in [0.1, 0.15) is 74.0 Å². The third-order valence-corrected chi connectivity index (χ3v) is 12.6. The topological polar surface area (TPSA) is 298 Å². The first-order valence-corrected chi connectivity index (χ1v) is 22.9. The predicted molar refractivity (Wildman–Crippen MR) is 237 cm³/mol. The lowest BCUT2D eigenvalue weighted by Gasteiger charge is -2.31. The van der Waals surface area contributed by atoms with Gasteiger partial charge in [0, 0.05) is 36.7 Å². The van der Waals surface area contributed by atoms with Crippen LogP contribution < -0.4 is 21.5 Å². The zero-order chi connectivity index (χ0) is 47.4. The summed E-state index contributed by atoms with van der Waals surface area (Å²) in [6, 6.07) is 12.5. The molecule has 2 bridgehead atoms. The molecule has 4 aromatic rings. The maximum absolute atomic E-state index is 14.3. The van der Waals surface area contributed by atoms with Gasteiger partial charge in [0.25, 0.3) is 11.5 Å². The monoisotopic (exact) mass is 930 g/mol. The SMILES string of the molecule is CCOP(=O)(OCC)OCCCCCC(=O)C1C(C(=O)Nc2nc3ncc(CNc4ccc(C(=O)N[C@@H](CCC(=O)O)C(=O)O)cc4)nc3c(=O)[nH]2)[C@H]2C(=O)C=C[C@@H]1N2Cc1ccccc1. The highest BCUT2D eigenvalue weighted by Crippen LogP contribution is 2.49. The minimum Gasteiger partial charge on any atom is -0.481 e. The Morgan fingerprint density at radius 3 is 2.30 bits per heavy atom. The molecule has 4 heterocycles. The van der Waals surface area contributed by atoms with Crippen LogP contribution in [0, 0.1) is 11.8 Å². The molecular weight excluding hydrogens is 880 g/mol. The predicted octanol–water partition coefficient (Wildman–Crippen LogP) is 4.26. The van der Waals surface area contributed by atoms with E-state index < -0.39 is 73.5 Å². The molecule has 2 aliphatic heterocycles. The van der Waals surface area contributed by atoms with E-state index in [-0.39, 0.29) is 73.4 Å². The van der Waals surface area contributed by atoms with Gasteiger partial charge in [-0.2, -0.15) is 4.98 Å². The molecule has 2 aromatic carbocycles. The summed E-state index contributed by atoms with van der Waals surface area (Å²) in [6.45, 7) is 4.13. The number of H-pyrrole nitrogens is 1. The number of Topliss-reactive ketones (excluding diaryl/α,β-unsaturated/α-hetero) is 1. The number of unbranched alkanes of at least 4 members (excludes halogenated alkanes) is 2. The Morgan fingerprint density at radius 2 is 1.62 bits per heavy atom. The number of nitrogens with zero attached hydrogens (tertiary/aromatic N) is 4. The van der Waals surface area contributed by atoms with Gasteiger partial charge >= 0.3 is 19.8 Å². The molecular formula is C44H51N8O13P. The zero-order valence-electron chi connectivity index (χ0n) is 36.2. The van der Waals surface area contributed by atoms with Crippen LogP contribution in [0.5, 0.6) is 0 Å². The first-order chi connectivity index (χ1) is 31.7. The Labute approximate surface area is 378 Å². The second-order valence-electron chi connectivity index (χ2n) is 15.5. The van der Waals surface area contributed by atoms with E-state index >= 15 is 0 Å². The second-order valence-corrected chi connectivity index (χ2v) is 17.1. The molecule has 0 spiro atoms. The molecule has 2 aliphatic rings. The number of ketones is 2. The van der Waals surface area contributed by atoms with Gasteiger partial charge in [0.05, 0.1) is 56.1 Å². The highest BCUT2D eigenvalue weighted by atomic mass is 31.2. The Kier molecular flexibility index (Phi) is 16.8. The van der Waals surface area contributed by atoms with Gasteiger partial charge in [-0.25, -0.2) is 19.3 Å². The van der Waals surface area contributed by atoms with Crippen molar-refractivity contribution < 1.29 is 57.1 Å². The summed E-state index contributed by atoms with van der Waals surface area (Å²) >= 11 is 0. The van der Waals surface area contributed by atoms with Crippen molar-refractivity contribution >= 4 is 65.9 Å². The minimum absolute atomic E-state index is 0.0831. The van der Waals surface area contributed by atoms with Gasteiger partial charge in [-0.15, -0.1) is 0 Å². The molecule has 5 atom stereocenters. The lowest BCUT2D eigenvalue weighted by Crippen LogP contribution is -2.46. The van der Waals surface area contributed by atoms with Crippen LogP contribution >= 0.6 is 7.82 Å². The summed E-state index contributed by atoms with van der Waals surface area (Å²) < 4.78 is 28.4. The summed E-state index contributed by atoms with van der Waals surface area (Å²) in [5.74, 6) is -6.80. The number of hydrogen-bond acceptors (Lipinski definition) is 16. The Balaban J connectivity index is 1.12. The molecule has 2 amide bonds. The molecule has 1 fully saturated rings. The summed E-state index contributed by atoms with van der Waals surface area (Å²) in [4.78, 5) is 108. The Hall–Kier alpha value is -6.51. The number of nitrogens with one attached hydrogen (secondary N) is 4. The molecule has 0 aliphatic carbocycles. The number of phosphoric ester groups is 1. The number of benzene rings is 2. The van der Waals surface area contributed by atoms with E-state index in [1.165, 1.54) is 24.4 Å². The average molecular weight is 931 g/mol. The molecule has 350 valence electrons. The van der Waals surface area contributed by atoms with E-state index in [0.717, 1.165) is 5.56 Å². The van der Waals surface area contributed by atoms with Crippen molar-refractivity contribution in [2.75, 3.05) is 30.5 Å². The molecule has 0 radical (unpaired) electrons. The van der Waals surface area contributed by atoms with Gasteiger partial charge in [0.15, 0.2) is 16.9 Å². The van der Waals surface area contributed by atoms with Gasteiger partial charge in [0.1, 0.15) is 11.8 Å². The maximum atomic E-state index is 14.3. The van der Waals surface area contributed by atoms with E-state index in [9.17, 15) is 43.2 Å². The fourth-order valence-corrected chi connectivity index (χ4v) is 9.12. The molecule has 2 unspecified atom stereocenters. The van der Waals surface area contributed by atoms with Crippen LogP contribution in [0.15, 0.2) is 77.7 Å². The van der Waals surface area contributed by atoms with Gasteiger partial charge < -0.3 is 20.8 Å². The van der Waals surface area contributed by atoms with Crippen molar-refractivity contribution in [2.45, 2.75) is 83.6 Å². The van der Waals surface area contributed by atoms with Gasteiger partial charge in [0.2, 0.25) is 11.9 Å². The number of carboxylic acids is 2. The fourth-order valence-electron chi connectivity index (χ4n) is 7.91. The van der Waals surface area contributed by atoms with Gasteiger partial charge in [-0.05, 0) is 69.0 Å². The lowest BCUT2D eigenvalue weighted by molar-refractivity contribution is -0.140. The molecule has 1 saturated heterocycles. The van der Waals surface area contributed by atoms with Crippen molar-refractivity contribution in [3.8, 4) is 0 Å². The zero-order valence-corrected chi connectivity index (χ0v) is 37.1. The summed E-state index contributed by atoms with van der Waals surface area (Å²) in [7, 11) is -3.68. The molecule has 22 heteroatoms. The molecule has 0 saturated carbocycles. The number of amides is 2. The molecule has 6 rings (SSSR count). The first kappa shape index (κ1) is 48.9. The minimum atomic E-state index is -3.68. The molecule has 21 nitrogen and oxygen atoms in total. The van der Waals surface area contributed by atoms with Crippen molar-refractivity contribution in [2.24, 2.45) is 11.8 Å². The largest absolute Gasteiger partial charge is 0.481 e. The van der Waals surface area contributed by atoms with E-state index in [2.05, 4.69) is 35.9 Å². The Morgan fingerprint density at radius 1 is 0.894 bits per heavy atom. The number of hydrogen-bond donors (Lipinski definition) is 6. The molecule has 6 N–H and O–H groups in total. The van der Waals surface area contributed by atoms with Crippen molar-refractivity contribution in [3.05, 3.63) is 100 Å². The third-order valence-electron chi connectivity index (χ3n) is 10.9. The number of anilines is 2. The number of carbonyl (C=O) groups excluding carboxylic acids is 4. The smallest absolute Gasteiger partial charge is 0.474 e. The third kappa shape index (κ3) is 12.4. The van der Waals surface area contributed by atoms with Crippen LogP contribution in [0.3, 0.4) is 0 Å². The highest BCUT2D eigenvalue weighted by molar-refractivity contribution is 7.48. The number of carboxylic acid groups (broad SMARTS) is 2. The van der Waals surface area contributed by atoms with E-state index in [1.807, 2.05) is 35.2 Å².